The van der Waals surface area contributed by atoms with Crippen molar-refractivity contribution in [2.45, 2.75) is 38.6 Å². The van der Waals surface area contributed by atoms with Gasteiger partial charge < -0.3 is 10.1 Å². The molecular weight excluding hydrogens is 174 g/mol. The fourth-order valence-corrected chi connectivity index (χ4v) is 1.88. The van der Waals surface area contributed by atoms with Gasteiger partial charge in [-0.3, -0.25) is 0 Å². The van der Waals surface area contributed by atoms with Crippen molar-refractivity contribution in [2.24, 2.45) is 5.92 Å². The van der Waals surface area contributed by atoms with Crippen LogP contribution in [0.5, 0.6) is 0 Å². The summed E-state index contributed by atoms with van der Waals surface area (Å²) in [6, 6.07) is 0.824. The van der Waals surface area contributed by atoms with Crippen molar-refractivity contribution in [1.29, 1.82) is 0 Å². The summed E-state index contributed by atoms with van der Waals surface area (Å²) < 4.78 is 5.38. The molecule has 80 valence electrons. The van der Waals surface area contributed by atoms with E-state index in [-0.39, 0.29) is 0 Å². The van der Waals surface area contributed by atoms with E-state index in [4.69, 9.17) is 4.74 Å². The molecule has 1 atom stereocenters. The molecular formula is C12H21NO. The number of hydrogen-bond acceptors (Lipinski definition) is 2. The normalized spacial score (nSPS) is 28.4. The van der Waals surface area contributed by atoms with E-state index in [9.17, 15) is 0 Å². The molecule has 0 radical (unpaired) electrons. The van der Waals surface area contributed by atoms with Crippen molar-refractivity contribution in [3.8, 4) is 0 Å². The second kappa shape index (κ2) is 4.94. The zero-order valence-electron chi connectivity index (χ0n) is 9.09. The summed E-state index contributed by atoms with van der Waals surface area (Å²) in [6.45, 7) is 5.23. The summed E-state index contributed by atoms with van der Waals surface area (Å²) in [6.07, 6.45) is 7.58. The lowest BCUT2D eigenvalue weighted by molar-refractivity contribution is 0.191. The molecule has 1 unspecified atom stereocenters. The number of hydrogen-bond donors (Lipinski definition) is 1. The highest BCUT2D eigenvalue weighted by Gasteiger charge is 2.20. The predicted molar refractivity (Wildman–Crippen MR) is 58.3 cm³/mol. The molecule has 1 aliphatic carbocycles. The molecule has 1 aliphatic heterocycles. The maximum absolute atomic E-state index is 5.38. The third-order valence-electron chi connectivity index (χ3n) is 3.09. The maximum Gasteiger partial charge on any atom is 0.0529 e. The van der Waals surface area contributed by atoms with Crippen molar-refractivity contribution >= 4 is 0 Å². The first-order valence-electron chi connectivity index (χ1n) is 5.89. The maximum atomic E-state index is 5.38. The van der Waals surface area contributed by atoms with Crippen molar-refractivity contribution in [1.82, 2.24) is 5.32 Å². The molecule has 0 bridgehead atoms. The Morgan fingerprint density at radius 1 is 1.43 bits per heavy atom. The van der Waals surface area contributed by atoms with Crippen molar-refractivity contribution in [2.75, 3.05) is 19.8 Å². The SMILES string of the molecule is CCC(=CC1CCOC1)CNC1CC1. The highest BCUT2D eigenvalue weighted by molar-refractivity contribution is 5.07. The van der Waals surface area contributed by atoms with E-state index in [1.54, 1.807) is 5.57 Å². The van der Waals surface area contributed by atoms with Crippen molar-refractivity contribution in [3.63, 3.8) is 0 Å². The largest absolute Gasteiger partial charge is 0.381 e. The minimum absolute atomic E-state index is 0.686. The molecule has 1 saturated heterocycles. The summed E-state index contributed by atoms with van der Waals surface area (Å²) in [4.78, 5) is 0. The van der Waals surface area contributed by atoms with Gasteiger partial charge >= 0.3 is 0 Å². The molecule has 1 saturated carbocycles. The predicted octanol–water partition coefficient (Wildman–Crippen LogP) is 2.11. The second-order valence-corrected chi connectivity index (χ2v) is 4.46. The number of rotatable bonds is 5. The van der Waals surface area contributed by atoms with Crippen LogP contribution in [0.1, 0.15) is 32.6 Å². The molecule has 1 N–H and O–H groups in total. The lowest BCUT2D eigenvalue weighted by Crippen LogP contribution is -2.19. The van der Waals surface area contributed by atoms with Crippen LogP contribution in [-0.4, -0.2) is 25.8 Å². The average molecular weight is 195 g/mol. The molecule has 0 amide bonds. The van der Waals surface area contributed by atoms with Gasteiger partial charge in [-0.15, -0.1) is 0 Å². The fraction of sp³-hybridized carbons (Fsp3) is 0.833. The molecule has 2 heteroatoms. The van der Waals surface area contributed by atoms with Gasteiger partial charge in [0.2, 0.25) is 0 Å². The van der Waals surface area contributed by atoms with Gasteiger partial charge in [0.1, 0.15) is 0 Å². The third-order valence-corrected chi connectivity index (χ3v) is 3.09. The Morgan fingerprint density at radius 3 is 2.86 bits per heavy atom. The molecule has 0 spiro atoms. The molecule has 2 nitrogen and oxygen atoms in total. The molecule has 1 heterocycles. The van der Waals surface area contributed by atoms with Crippen LogP contribution in [0.3, 0.4) is 0 Å². The average Bonchev–Trinajstić information content (AvgIpc) is 2.90. The Hall–Kier alpha value is -0.340. The van der Waals surface area contributed by atoms with Crippen LogP contribution < -0.4 is 5.32 Å². The van der Waals surface area contributed by atoms with Crippen LogP contribution in [0.15, 0.2) is 11.6 Å². The minimum Gasteiger partial charge on any atom is -0.381 e. The minimum atomic E-state index is 0.686. The van der Waals surface area contributed by atoms with Crippen LogP contribution in [0.2, 0.25) is 0 Å². The van der Waals surface area contributed by atoms with E-state index in [0.717, 1.165) is 25.8 Å². The summed E-state index contributed by atoms with van der Waals surface area (Å²) in [5, 5.41) is 3.57. The Labute approximate surface area is 86.7 Å². The summed E-state index contributed by atoms with van der Waals surface area (Å²) in [5.74, 6) is 0.686. The first kappa shape index (κ1) is 10.2. The topological polar surface area (TPSA) is 21.3 Å². The van der Waals surface area contributed by atoms with Gasteiger partial charge in [-0.25, -0.2) is 0 Å². The van der Waals surface area contributed by atoms with Crippen molar-refractivity contribution in [3.05, 3.63) is 11.6 Å². The van der Waals surface area contributed by atoms with E-state index in [1.807, 2.05) is 0 Å². The number of ether oxygens (including phenoxy) is 1. The molecule has 2 aliphatic rings. The summed E-state index contributed by atoms with van der Waals surface area (Å²) >= 11 is 0. The van der Waals surface area contributed by atoms with Gasteiger partial charge in [0.15, 0.2) is 0 Å². The standard InChI is InChI=1S/C12H21NO/c1-2-10(8-13-12-3-4-12)7-11-5-6-14-9-11/h7,11-13H,2-6,8-9H2,1H3. The van der Waals surface area contributed by atoms with Gasteiger partial charge in [0.25, 0.3) is 0 Å². The molecule has 14 heavy (non-hydrogen) atoms. The number of nitrogens with one attached hydrogen (secondary N) is 1. The van der Waals surface area contributed by atoms with E-state index < -0.39 is 0 Å². The van der Waals surface area contributed by atoms with E-state index >= 15 is 0 Å². The smallest absolute Gasteiger partial charge is 0.0529 e. The lowest BCUT2D eigenvalue weighted by Gasteiger charge is -2.08. The zero-order valence-corrected chi connectivity index (χ0v) is 9.09. The van der Waals surface area contributed by atoms with Gasteiger partial charge in [0, 0.05) is 25.1 Å². The van der Waals surface area contributed by atoms with E-state index in [0.29, 0.717) is 5.92 Å². The Balaban J connectivity index is 1.76. The molecule has 2 fully saturated rings. The third kappa shape index (κ3) is 3.10. The van der Waals surface area contributed by atoms with E-state index in [1.165, 1.54) is 25.7 Å². The fourth-order valence-electron chi connectivity index (χ4n) is 1.88. The van der Waals surface area contributed by atoms with Crippen LogP contribution in [-0.2, 0) is 4.74 Å². The van der Waals surface area contributed by atoms with Crippen molar-refractivity contribution < 1.29 is 4.74 Å². The Morgan fingerprint density at radius 2 is 2.29 bits per heavy atom. The Kier molecular flexibility index (Phi) is 3.60. The first-order valence-corrected chi connectivity index (χ1v) is 5.89. The van der Waals surface area contributed by atoms with Gasteiger partial charge in [-0.05, 0) is 25.7 Å². The quantitative estimate of drug-likeness (QED) is 0.678. The van der Waals surface area contributed by atoms with Gasteiger partial charge in [0.05, 0.1) is 6.61 Å². The monoisotopic (exact) mass is 195 g/mol. The molecule has 2 rings (SSSR count). The van der Waals surface area contributed by atoms with Crippen LogP contribution >= 0.6 is 0 Å². The van der Waals surface area contributed by atoms with Crippen LogP contribution in [0, 0.1) is 5.92 Å². The second-order valence-electron chi connectivity index (χ2n) is 4.46. The van der Waals surface area contributed by atoms with E-state index in [2.05, 4.69) is 18.3 Å². The van der Waals surface area contributed by atoms with Gasteiger partial charge in [-0.2, -0.15) is 0 Å². The highest BCUT2D eigenvalue weighted by Crippen LogP contribution is 2.20. The Bertz CT molecular complexity index is 202. The van der Waals surface area contributed by atoms with Crippen LogP contribution in [0.25, 0.3) is 0 Å². The van der Waals surface area contributed by atoms with Crippen LogP contribution in [0.4, 0.5) is 0 Å². The molecule has 0 aromatic heterocycles. The summed E-state index contributed by atoms with van der Waals surface area (Å²) in [5.41, 5.74) is 1.56. The first-order chi connectivity index (χ1) is 6.88. The highest BCUT2D eigenvalue weighted by atomic mass is 16.5. The summed E-state index contributed by atoms with van der Waals surface area (Å²) in [7, 11) is 0. The zero-order chi connectivity index (χ0) is 9.80. The molecule has 0 aromatic rings. The lowest BCUT2D eigenvalue weighted by atomic mass is 10.0. The molecule has 0 aromatic carbocycles. The van der Waals surface area contributed by atoms with Gasteiger partial charge in [-0.1, -0.05) is 18.6 Å².